The van der Waals surface area contributed by atoms with Crippen LogP contribution in [0.15, 0.2) is 11.6 Å². The summed E-state index contributed by atoms with van der Waals surface area (Å²) in [5, 5.41) is 0. The van der Waals surface area contributed by atoms with Crippen LogP contribution in [0.1, 0.15) is 86.0 Å². The SMILES string of the molecule is CC1C2CCC3C4CC=C5CC(N(C)C(=O)OC(C)(C)C)CCC5(C)C4CCC32CN1C. The molecule has 0 N–H and O–H groups in total. The van der Waals surface area contributed by atoms with Gasteiger partial charge >= 0.3 is 6.09 Å². The van der Waals surface area contributed by atoms with E-state index in [1.165, 1.54) is 45.1 Å². The van der Waals surface area contributed by atoms with Crippen LogP contribution in [0.4, 0.5) is 4.79 Å². The zero-order chi connectivity index (χ0) is 23.1. The zero-order valence-corrected chi connectivity index (χ0v) is 21.6. The molecule has 0 aromatic rings. The second-order valence-corrected chi connectivity index (χ2v) is 13.4. The number of fused-ring (bicyclic) bond motifs is 4. The lowest BCUT2D eigenvalue weighted by molar-refractivity contribution is -0.0448. The molecule has 5 rings (SSSR count). The molecule has 4 fully saturated rings. The topological polar surface area (TPSA) is 32.8 Å². The van der Waals surface area contributed by atoms with Gasteiger partial charge in [0.25, 0.3) is 0 Å². The van der Waals surface area contributed by atoms with E-state index < -0.39 is 5.60 Å². The van der Waals surface area contributed by atoms with E-state index in [1.54, 1.807) is 5.57 Å². The van der Waals surface area contributed by atoms with Crippen molar-refractivity contribution in [2.45, 2.75) is 104 Å². The second kappa shape index (κ2) is 7.48. The number of carbonyl (C=O) groups excluding carboxylic acids is 1. The van der Waals surface area contributed by atoms with Gasteiger partial charge in [0.05, 0.1) is 0 Å². The van der Waals surface area contributed by atoms with E-state index >= 15 is 0 Å². The van der Waals surface area contributed by atoms with E-state index in [2.05, 4.69) is 31.9 Å². The third-order valence-corrected chi connectivity index (χ3v) is 10.9. The fraction of sp³-hybridized carbons (Fsp3) is 0.893. The lowest BCUT2D eigenvalue weighted by atomic mass is 9.47. The molecule has 4 aliphatic carbocycles. The molecule has 1 spiro atoms. The van der Waals surface area contributed by atoms with Crippen molar-refractivity contribution in [2.24, 2.45) is 34.5 Å². The lowest BCUT2D eigenvalue weighted by Gasteiger charge is -2.58. The van der Waals surface area contributed by atoms with Crippen molar-refractivity contribution in [3.05, 3.63) is 11.6 Å². The quantitative estimate of drug-likeness (QED) is 0.459. The van der Waals surface area contributed by atoms with Crippen molar-refractivity contribution < 1.29 is 9.53 Å². The highest BCUT2D eigenvalue weighted by atomic mass is 16.6. The molecule has 8 atom stereocenters. The minimum Gasteiger partial charge on any atom is -0.444 e. The molecule has 4 nitrogen and oxygen atoms in total. The predicted octanol–water partition coefficient (Wildman–Crippen LogP) is 6.11. The molecule has 180 valence electrons. The van der Waals surface area contributed by atoms with Crippen molar-refractivity contribution in [3.8, 4) is 0 Å². The van der Waals surface area contributed by atoms with Crippen LogP contribution in [0, 0.1) is 34.5 Å². The highest BCUT2D eigenvalue weighted by Gasteiger charge is 2.64. The van der Waals surface area contributed by atoms with E-state index in [4.69, 9.17) is 4.74 Å². The van der Waals surface area contributed by atoms with Gasteiger partial charge in [0.2, 0.25) is 0 Å². The summed E-state index contributed by atoms with van der Waals surface area (Å²) in [7, 11) is 4.30. The Labute approximate surface area is 196 Å². The van der Waals surface area contributed by atoms with Crippen LogP contribution in [-0.4, -0.2) is 54.2 Å². The third kappa shape index (κ3) is 3.29. The Hall–Kier alpha value is -1.03. The van der Waals surface area contributed by atoms with Gasteiger partial charge in [-0.3, -0.25) is 0 Å². The molecule has 3 saturated carbocycles. The summed E-state index contributed by atoms with van der Waals surface area (Å²) in [6, 6.07) is 1.04. The predicted molar refractivity (Wildman–Crippen MR) is 129 cm³/mol. The molecule has 32 heavy (non-hydrogen) atoms. The normalized spacial score (nSPS) is 45.9. The van der Waals surface area contributed by atoms with Crippen molar-refractivity contribution in [1.29, 1.82) is 0 Å². The maximum absolute atomic E-state index is 12.7. The number of rotatable bonds is 1. The Morgan fingerprint density at radius 1 is 1.12 bits per heavy atom. The maximum atomic E-state index is 12.7. The van der Waals surface area contributed by atoms with Crippen LogP contribution in [0.5, 0.6) is 0 Å². The average Bonchev–Trinajstić information content (AvgIpc) is 3.19. The van der Waals surface area contributed by atoms with Gasteiger partial charge in [0, 0.05) is 25.7 Å². The standard InChI is InChI=1S/C28H46N2O2/c1-18-22-10-11-24-21-9-8-19-16-20(30(7)25(31)32-26(2,3)4)12-14-27(19,5)23(21)13-15-28(22,24)17-29(18)6/h8,18,20-24H,9-17H2,1-7H3. The van der Waals surface area contributed by atoms with Gasteiger partial charge in [0.15, 0.2) is 0 Å². The minimum absolute atomic E-state index is 0.170. The van der Waals surface area contributed by atoms with E-state index in [1.807, 2.05) is 32.7 Å². The minimum atomic E-state index is -0.436. The van der Waals surface area contributed by atoms with Gasteiger partial charge in [-0.05, 0) is 121 Å². The van der Waals surface area contributed by atoms with E-state index in [9.17, 15) is 4.79 Å². The second-order valence-electron chi connectivity index (χ2n) is 13.4. The molecule has 4 heteroatoms. The molecule has 1 amide bonds. The molecule has 0 aromatic heterocycles. The number of nitrogens with zero attached hydrogens (tertiary/aromatic N) is 2. The number of ether oxygens (including phenoxy) is 1. The summed E-state index contributed by atoms with van der Waals surface area (Å²) in [5.41, 5.74) is 2.15. The van der Waals surface area contributed by atoms with Gasteiger partial charge in [-0.2, -0.15) is 0 Å². The Bertz CT molecular complexity index is 800. The average molecular weight is 443 g/mol. The first-order valence-corrected chi connectivity index (χ1v) is 13.3. The fourth-order valence-electron chi connectivity index (χ4n) is 9.26. The molecule has 8 unspecified atom stereocenters. The largest absolute Gasteiger partial charge is 0.444 e. The monoisotopic (exact) mass is 442 g/mol. The first kappa shape index (κ1) is 22.7. The van der Waals surface area contributed by atoms with Gasteiger partial charge in [-0.25, -0.2) is 4.79 Å². The summed E-state index contributed by atoms with van der Waals surface area (Å²) in [6.07, 6.45) is 12.9. The smallest absolute Gasteiger partial charge is 0.410 e. The van der Waals surface area contributed by atoms with Crippen LogP contribution >= 0.6 is 0 Å². The van der Waals surface area contributed by atoms with Crippen molar-refractivity contribution in [1.82, 2.24) is 9.80 Å². The Balaban J connectivity index is 1.34. The third-order valence-electron chi connectivity index (χ3n) is 10.9. The summed E-state index contributed by atoms with van der Waals surface area (Å²) < 4.78 is 5.67. The highest BCUT2D eigenvalue weighted by molar-refractivity contribution is 5.68. The Kier molecular flexibility index (Phi) is 5.32. The molecular formula is C28H46N2O2. The Morgan fingerprint density at radius 2 is 1.84 bits per heavy atom. The van der Waals surface area contributed by atoms with Gasteiger partial charge in [0.1, 0.15) is 5.60 Å². The molecule has 1 aliphatic heterocycles. The number of likely N-dealkylation sites (tertiary alicyclic amines) is 1. The molecular weight excluding hydrogens is 396 g/mol. The molecule has 0 bridgehead atoms. The molecule has 1 heterocycles. The number of hydrogen-bond acceptors (Lipinski definition) is 3. The van der Waals surface area contributed by atoms with Gasteiger partial charge < -0.3 is 14.5 Å². The Morgan fingerprint density at radius 3 is 2.56 bits per heavy atom. The van der Waals surface area contributed by atoms with Crippen LogP contribution in [0.2, 0.25) is 0 Å². The number of carbonyl (C=O) groups is 1. The fourth-order valence-corrected chi connectivity index (χ4v) is 9.26. The van der Waals surface area contributed by atoms with E-state index in [-0.39, 0.29) is 12.1 Å². The van der Waals surface area contributed by atoms with Crippen LogP contribution < -0.4 is 0 Å². The van der Waals surface area contributed by atoms with Crippen molar-refractivity contribution >= 4 is 6.09 Å². The first-order valence-electron chi connectivity index (χ1n) is 13.3. The number of amides is 1. The molecule has 0 radical (unpaired) electrons. The number of hydrogen-bond donors (Lipinski definition) is 0. The van der Waals surface area contributed by atoms with Gasteiger partial charge in [-0.15, -0.1) is 0 Å². The first-order chi connectivity index (χ1) is 15.0. The van der Waals surface area contributed by atoms with Crippen molar-refractivity contribution in [3.63, 3.8) is 0 Å². The molecule has 1 saturated heterocycles. The molecule has 0 aromatic carbocycles. The van der Waals surface area contributed by atoms with E-state index in [0.29, 0.717) is 10.8 Å². The van der Waals surface area contributed by atoms with Gasteiger partial charge in [-0.1, -0.05) is 18.6 Å². The highest BCUT2D eigenvalue weighted by Crippen LogP contribution is 2.68. The molecule has 5 aliphatic rings. The zero-order valence-electron chi connectivity index (χ0n) is 21.6. The van der Waals surface area contributed by atoms with Crippen molar-refractivity contribution in [2.75, 3.05) is 20.6 Å². The van der Waals surface area contributed by atoms with E-state index in [0.717, 1.165) is 42.6 Å². The van der Waals surface area contributed by atoms with Crippen LogP contribution in [-0.2, 0) is 4.74 Å². The van der Waals surface area contributed by atoms with Crippen LogP contribution in [0.25, 0.3) is 0 Å². The summed E-state index contributed by atoms with van der Waals surface area (Å²) >= 11 is 0. The summed E-state index contributed by atoms with van der Waals surface area (Å²) in [6.45, 7) is 12.2. The number of allylic oxidation sites excluding steroid dienone is 1. The summed E-state index contributed by atoms with van der Waals surface area (Å²) in [4.78, 5) is 17.2. The summed E-state index contributed by atoms with van der Waals surface area (Å²) in [5.74, 6) is 3.57. The maximum Gasteiger partial charge on any atom is 0.410 e. The lowest BCUT2D eigenvalue weighted by Crippen LogP contribution is -2.53. The van der Waals surface area contributed by atoms with Crippen LogP contribution in [0.3, 0.4) is 0 Å².